The third-order valence-corrected chi connectivity index (χ3v) is 4.95. The average Bonchev–Trinajstić information content (AvgIpc) is 3.10. The number of benzene rings is 2. The van der Waals surface area contributed by atoms with E-state index in [-0.39, 0.29) is 4.90 Å². The van der Waals surface area contributed by atoms with Gasteiger partial charge in [-0.2, -0.15) is 0 Å². The summed E-state index contributed by atoms with van der Waals surface area (Å²) < 4.78 is 28.6. The maximum atomic E-state index is 11.4. The Labute approximate surface area is 133 Å². The van der Waals surface area contributed by atoms with Gasteiger partial charge >= 0.3 is 0 Å². The van der Waals surface area contributed by atoms with Gasteiger partial charge in [0, 0.05) is 12.2 Å². The Bertz CT molecular complexity index is 962. The second-order valence-electron chi connectivity index (χ2n) is 5.58. The maximum Gasteiger partial charge on any atom is 0.238 e. The van der Waals surface area contributed by atoms with E-state index in [1.807, 2.05) is 24.3 Å². The highest BCUT2D eigenvalue weighted by atomic mass is 32.2. The summed E-state index contributed by atoms with van der Waals surface area (Å²) in [6.45, 7) is 1.35. The van der Waals surface area contributed by atoms with Crippen LogP contribution in [0.4, 0.5) is 5.69 Å². The van der Waals surface area contributed by atoms with Gasteiger partial charge in [0.25, 0.3) is 0 Å². The number of hydrogen-bond donors (Lipinski definition) is 1. The molecule has 118 valence electrons. The van der Waals surface area contributed by atoms with Gasteiger partial charge in [-0.05, 0) is 42.3 Å². The zero-order valence-electron chi connectivity index (χ0n) is 12.3. The van der Waals surface area contributed by atoms with Crippen LogP contribution in [0, 0.1) is 0 Å². The predicted molar refractivity (Wildman–Crippen MR) is 86.6 cm³/mol. The van der Waals surface area contributed by atoms with Crippen LogP contribution < -0.4 is 10.0 Å². The zero-order valence-corrected chi connectivity index (χ0v) is 13.1. The van der Waals surface area contributed by atoms with E-state index in [0.717, 1.165) is 35.3 Å². The van der Waals surface area contributed by atoms with Gasteiger partial charge in [-0.15, -0.1) is 0 Å². The van der Waals surface area contributed by atoms with Crippen molar-refractivity contribution in [3.05, 3.63) is 53.9 Å². The fraction of sp³-hybridized carbons (Fsp3) is 0.188. The van der Waals surface area contributed by atoms with E-state index in [1.54, 1.807) is 18.2 Å². The normalized spacial score (nSPS) is 14.4. The summed E-state index contributed by atoms with van der Waals surface area (Å²) in [6.07, 6.45) is 0.777. The summed E-state index contributed by atoms with van der Waals surface area (Å²) in [4.78, 5) is 6.77. The molecule has 0 saturated carbocycles. The van der Waals surface area contributed by atoms with Gasteiger partial charge in [-0.3, -0.25) is 0 Å². The molecule has 2 heterocycles. The standard InChI is InChI=1S/C16H15N3O3S/c17-23(20,21)12-5-6-14-11(9-12)7-8-19(14)10-16-18-13-3-1-2-4-15(13)22-16/h1-6,9H,7-8,10H2,(H2,17,20,21). The number of para-hydroxylation sites is 2. The molecule has 0 saturated heterocycles. The average molecular weight is 329 g/mol. The molecule has 6 nitrogen and oxygen atoms in total. The largest absolute Gasteiger partial charge is 0.439 e. The predicted octanol–water partition coefficient (Wildman–Crippen LogP) is 2.04. The third kappa shape index (κ3) is 2.58. The van der Waals surface area contributed by atoms with Crippen LogP contribution in [0.2, 0.25) is 0 Å². The smallest absolute Gasteiger partial charge is 0.238 e. The second-order valence-corrected chi connectivity index (χ2v) is 7.14. The monoisotopic (exact) mass is 329 g/mol. The number of oxazole rings is 1. The number of aromatic nitrogens is 1. The number of fused-ring (bicyclic) bond motifs is 2. The fourth-order valence-corrected chi connectivity index (χ4v) is 3.50. The Balaban J connectivity index is 1.63. The summed E-state index contributed by atoms with van der Waals surface area (Å²) in [7, 11) is -3.67. The third-order valence-electron chi connectivity index (χ3n) is 4.04. The van der Waals surface area contributed by atoms with Crippen molar-refractivity contribution in [3.63, 3.8) is 0 Å². The number of sulfonamides is 1. The SMILES string of the molecule is NS(=O)(=O)c1ccc2c(c1)CCN2Cc1nc2ccccc2o1. The van der Waals surface area contributed by atoms with Crippen LogP contribution >= 0.6 is 0 Å². The van der Waals surface area contributed by atoms with Gasteiger partial charge in [-0.25, -0.2) is 18.5 Å². The first-order valence-corrected chi connectivity index (χ1v) is 8.80. The number of hydrogen-bond acceptors (Lipinski definition) is 5. The van der Waals surface area contributed by atoms with Crippen molar-refractivity contribution < 1.29 is 12.8 Å². The Morgan fingerprint density at radius 3 is 2.83 bits per heavy atom. The van der Waals surface area contributed by atoms with Crippen molar-refractivity contribution in [1.29, 1.82) is 0 Å². The first-order chi connectivity index (χ1) is 11.0. The van der Waals surface area contributed by atoms with E-state index in [9.17, 15) is 8.42 Å². The molecular formula is C16H15N3O3S. The number of rotatable bonds is 3. The summed E-state index contributed by atoms with van der Waals surface area (Å²) in [5.41, 5.74) is 3.59. The maximum absolute atomic E-state index is 11.4. The van der Waals surface area contributed by atoms with Crippen LogP contribution in [0.3, 0.4) is 0 Å². The Morgan fingerprint density at radius 2 is 2.04 bits per heavy atom. The van der Waals surface area contributed by atoms with E-state index in [1.165, 1.54) is 0 Å². The number of primary sulfonamides is 1. The van der Waals surface area contributed by atoms with Crippen molar-refractivity contribution in [3.8, 4) is 0 Å². The van der Waals surface area contributed by atoms with E-state index >= 15 is 0 Å². The molecule has 2 aromatic carbocycles. The minimum Gasteiger partial charge on any atom is -0.439 e. The van der Waals surface area contributed by atoms with Gasteiger partial charge in [0.1, 0.15) is 5.52 Å². The highest BCUT2D eigenvalue weighted by molar-refractivity contribution is 7.89. The molecule has 0 aliphatic carbocycles. The number of nitrogens with zero attached hydrogens (tertiary/aromatic N) is 2. The Kier molecular flexibility index (Phi) is 3.14. The number of nitrogens with two attached hydrogens (primary N) is 1. The lowest BCUT2D eigenvalue weighted by atomic mass is 10.2. The van der Waals surface area contributed by atoms with Crippen LogP contribution in [0.1, 0.15) is 11.5 Å². The van der Waals surface area contributed by atoms with Crippen molar-refractivity contribution in [2.24, 2.45) is 5.14 Å². The lowest BCUT2D eigenvalue weighted by Gasteiger charge is -2.17. The van der Waals surface area contributed by atoms with Crippen LogP contribution in [0.25, 0.3) is 11.1 Å². The number of anilines is 1. The summed E-state index contributed by atoms with van der Waals surface area (Å²) in [5.74, 6) is 0.648. The highest BCUT2D eigenvalue weighted by Crippen LogP contribution is 2.31. The molecule has 1 aliphatic rings. The molecule has 1 aliphatic heterocycles. The molecule has 0 radical (unpaired) electrons. The van der Waals surface area contributed by atoms with E-state index in [2.05, 4.69) is 9.88 Å². The topological polar surface area (TPSA) is 89.4 Å². The van der Waals surface area contributed by atoms with Crippen molar-refractivity contribution in [2.45, 2.75) is 17.9 Å². The molecular weight excluding hydrogens is 314 g/mol. The first-order valence-electron chi connectivity index (χ1n) is 7.26. The summed E-state index contributed by atoms with van der Waals surface area (Å²) >= 11 is 0. The Morgan fingerprint density at radius 1 is 1.22 bits per heavy atom. The zero-order chi connectivity index (χ0) is 16.0. The van der Waals surface area contributed by atoms with Crippen LogP contribution in [0.5, 0.6) is 0 Å². The molecule has 4 rings (SSSR count). The van der Waals surface area contributed by atoms with E-state index < -0.39 is 10.0 Å². The molecule has 0 amide bonds. The van der Waals surface area contributed by atoms with Crippen molar-refractivity contribution in [2.75, 3.05) is 11.4 Å². The molecule has 0 spiro atoms. The Hall–Kier alpha value is -2.38. The van der Waals surface area contributed by atoms with Gasteiger partial charge in [0.05, 0.1) is 11.4 Å². The van der Waals surface area contributed by atoms with Crippen molar-refractivity contribution >= 4 is 26.8 Å². The minimum atomic E-state index is -3.67. The molecule has 0 bridgehead atoms. The van der Waals surface area contributed by atoms with Crippen LogP contribution in [-0.2, 0) is 23.0 Å². The summed E-state index contributed by atoms with van der Waals surface area (Å²) in [6, 6.07) is 12.6. The van der Waals surface area contributed by atoms with Gasteiger partial charge in [0.2, 0.25) is 15.9 Å². The molecule has 1 aromatic heterocycles. The van der Waals surface area contributed by atoms with Gasteiger partial charge in [0.15, 0.2) is 5.58 Å². The first kappa shape index (κ1) is 14.2. The fourth-order valence-electron chi connectivity index (χ4n) is 2.94. The van der Waals surface area contributed by atoms with E-state index in [4.69, 9.17) is 9.56 Å². The molecule has 23 heavy (non-hydrogen) atoms. The molecule has 0 atom stereocenters. The lowest BCUT2D eigenvalue weighted by Crippen LogP contribution is -2.19. The molecule has 2 N–H and O–H groups in total. The van der Waals surface area contributed by atoms with Crippen molar-refractivity contribution in [1.82, 2.24) is 4.98 Å². The van der Waals surface area contributed by atoms with Gasteiger partial charge < -0.3 is 9.32 Å². The lowest BCUT2D eigenvalue weighted by molar-refractivity contribution is 0.523. The minimum absolute atomic E-state index is 0.153. The molecule has 7 heteroatoms. The van der Waals surface area contributed by atoms with Crippen LogP contribution in [-0.4, -0.2) is 19.9 Å². The molecule has 0 unspecified atom stereocenters. The molecule has 0 fully saturated rings. The second kappa shape index (κ2) is 5.07. The van der Waals surface area contributed by atoms with E-state index in [0.29, 0.717) is 12.4 Å². The quantitative estimate of drug-likeness (QED) is 0.794. The summed E-state index contributed by atoms with van der Waals surface area (Å²) in [5, 5.41) is 5.19. The van der Waals surface area contributed by atoms with Gasteiger partial charge in [-0.1, -0.05) is 12.1 Å². The highest BCUT2D eigenvalue weighted by Gasteiger charge is 2.23. The molecule has 3 aromatic rings. The van der Waals surface area contributed by atoms with Crippen LogP contribution in [0.15, 0.2) is 51.8 Å².